The number of hydrogen-bond acceptors (Lipinski definition) is 2. The minimum atomic E-state index is 0.256. The molecule has 0 bridgehead atoms. The van der Waals surface area contributed by atoms with Crippen molar-refractivity contribution >= 4 is 11.6 Å². The molecule has 0 atom stereocenters. The molecule has 1 aliphatic heterocycles. The summed E-state index contributed by atoms with van der Waals surface area (Å²) in [6.45, 7) is 1.67. The number of hydrogen-bond donors (Lipinski definition) is 1. The van der Waals surface area contributed by atoms with E-state index in [0.29, 0.717) is 12.3 Å². The van der Waals surface area contributed by atoms with Crippen molar-refractivity contribution in [3.05, 3.63) is 29.8 Å². The van der Waals surface area contributed by atoms with Gasteiger partial charge < -0.3 is 10.6 Å². The Morgan fingerprint density at radius 2 is 1.82 bits per heavy atom. The van der Waals surface area contributed by atoms with Gasteiger partial charge in [0.25, 0.3) is 0 Å². The topological polar surface area (TPSA) is 46.3 Å². The van der Waals surface area contributed by atoms with Gasteiger partial charge in [0.15, 0.2) is 0 Å². The normalized spacial score (nSPS) is 18.9. The van der Waals surface area contributed by atoms with Crippen LogP contribution in [0.15, 0.2) is 24.3 Å². The van der Waals surface area contributed by atoms with Gasteiger partial charge in [-0.15, -0.1) is 0 Å². The Labute approximate surface area is 133 Å². The third-order valence-electron chi connectivity index (χ3n) is 5.43. The Kier molecular flexibility index (Phi) is 4.82. The molecular formula is C19H28N2O. The zero-order chi connectivity index (χ0) is 15.4. The highest BCUT2D eigenvalue weighted by atomic mass is 16.2. The lowest BCUT2D eigenvalue weighted by Crippen LogP contribution is -2.35. The Morgan fingerprint density at radius 1 is 1.09 bits per heavy atom. The fraction of sp³-hybridized carbons (Fsp3) is 0.632. The predicted octanol–water partition coefficient (Wildman–Crippen LogP) is 3.75. The molecule has 0 aromatic heterocycles. The number of anilines is 1. The first-order valence-corrected chi connectivity index (χ1v) is 8.87. The third kappa shape index (κ3) is 2.91. The van der Waals surface area contributed by atoms with E-state index in [-0.39, 0.29) is 5.41 Å². The van der Waals surface area contributed by atoms with Crippen LogP contribution in [0, 0.1) is 0 Å². The highest BCUT2D eigenvalue weighted by molar-refractivity contribution is 5.96. The standard InChI is InChI=1S/C19H28N2O/c20-14-8-2-1-3-11-18(22)21-15-19(12-6-7-13-19)16-9-4-5-10-17(16)21/h4-5,9-10H,1-3,6-8,11-15,20H2. The number of para-hydroxylation sites is 1. The monoisotopic (exact) mass is 300 g/mol. The first kappa shape index (κ1) is 15.5. The summed E-state index contributed by atoms with van der Waals surface area (Å²) in [6, 6.07) is 8.57. The molecule has 3 heteroatoms. The molecule has 1 heterocycles. The van der Waals surface area contributed by atoms with E-state index in [2.05, 4.69) is 29.2 Å². The van der Waals surface area contributed by atoms with E-state index < -0.39 is 0 Å². The molecule has 1 saturated carbocycles. The average molecular weight is 300 g/mol. The van der Waals surface area contributed by atoms with Gasteiger partial charge >= 0.3 is 0 Å². The van der Waals surface area contributed by atoms with Gasteiger partial charge in [-0.3, -0.25) is 4.79 Å². The van der Waals surface area contributed by atoms with Gasteiger partial charge in [-0.25, -0.2) is 0 Å². The molecule has 1 aliphatic carbocycles. The maximum Gasteiger partial charge on any atom is 0.227 e. The summed E-state index contributed by atoms with van der Waals surface area (Å²) in [4.78, 5) is 14.8. The second kappa shape index (κ2) is 6.82. The summed E-state index contributed by atoms with van der Waals surface area (Å²) in [5.74, 6) is 0.309. The molecule has 3 rings (SSSR count). The van der Waals surface area contributed by atoms with Crippen molar-refractivity contribution in [2.45, 2.75) is 63.2 Å². The number of carbonyl (C=O) groups is 1. The summed E-state index contributed by atoms with van der Waals surface area (Å²) in [6.07, 6.45) is 10.1. The molecular weight excluding hydrogens is 272 g/mol. The summed E-state index contributed by atoms with van der Waals surface area (Å²) in [5.41, 5.74) is 8.37. The minimum Gasteiger partial charge on any atom is -0.330 e. The van der Waals surface area contributed by atoms with Gasteiger partial charge in [-0.05, 0) is 43.9 Å². The van der Waals surface area contributed by atoms with Crippen LogP contribution < -0.4 is 10.6 Å². The number of amides is 1. The van der Waals surface area contributed by atoms with Gasteiger partial charge in [0.2, 0.25) is 5.91 Å². The zero-order valence-corrected chi connectivity index (χ0v) is 13.5. The maximum atomic E-state index is 12.7. The fourth-order valence-corrected chi connectivity index (χ4v) is 4.24. The zero-order valence-electron chi connectivity index (χ0n) is 13.5. The predicted molar refractivity (Wildman–Crippen MR) is 91.1 cm³/mol. The van der Waals surface area contributed by atoms with E-state index in [4.69, 9.17) is 5.73 Å². The van der Waals surface area contributed by atoms with E-state index in [9.17, 15) is 4.79 Å². The number of unbranched alkanes of at least 4 members (excludes halogenated alkanes) is 3. The SMILES string of the molecule is NCCCCCCC(=O)N1CC2(CCCC2)c2ccccc21. The molecule has 1 fully saturated rings. The number of nitrogens with zero attached hydrogens (tertiary/aromatic N) is 1. The molecule has 1 spiro atoms. The van der Waals surface area contributed by atoms with Crippen LogP contribution in [0.5, 0.6) is 0 Å². The highest BCUT2D eigenvalue weighted by Gasteiger charge is 2.45. The Bertz CT molecular complexity index is 520. The Hall–Kier alpha value is -1.35. The highest BCUT2D eigenvalue weighted by Crippen LogP contribution is 2.50. The van der Waals surface area contributed by atoms with E-state index >= 15 is 0 Å². The maximum absolute atomic E-state index is 12.7. The van der Waals surface area contributed by atoms with Gasteiger partial charge in [0, 0.05) is 24.1 Å². The summed E-state index contributed by atoms with van der Waals surface area (Å²) in [7, 11) is 0. The molecule has 2 aliphatic rings. The Balaban J connectivity index is 1.66. The molecule has 2 N–H and O–H groups in total. The van der Waals surface area contributed by atoms with Gasteiger partial charge in [-0.2, -0.15) is 0 Å². The van der Waals surface area contributed by atoms with Crippen molar-refractivity contribution in [1.82, 2.24) is 0 Å². The molecule has 1 aromatic carbocycles. The minimum absolute atomic E-state index is 0.256. The number of carbonyl (C=O) groups excluding carboxylic acids is 1. The quantitative estimate of drug-likeness (QED) is 0.813. The third-order valence-corrected chi connectivity index (χ3v) is 5.43. The van der Waals surface area contributed by atoms with Crippen LogP contribution in [-0.2, 0) is 10.2 Å². The van der Waals surface area contributed by atoms with E-state index in [1.807, 2.05) is 0 Å². The van der Waals surface area contributed by atoms with E-state index in [0.717, 1.165) is 38.8 Å². The van der Waals surface area contributed by atoms with Crippen LogP contribution in [0.25, 0.3) is 0 Å². The molecule has 0 radical (unpaired) electrons. The van der Waals surface area contributed by atoms with Crippen LogP contribution in [-0.4, -0.2) is 19.0 Å². The Morgan fingerprint density at radius 3 is 2.59 bits per heavy atom. The van der Waals surface area contributed by atoms with Gasteiger partial charge in [-0.1, -0.05) is 43.9 Å². The molecule has 3 nitrogen and oxygen atoms in total. The largest absolute Gasteiger partial charge is 0.330 e. The van der Waals surface area contributed by atoms with Crippen LogP contribution in [0.4, 0.5) is 5.69 Å². The van der Waals surface area contributed by atoms with Crippen molar-refractivity contribution in [3.8, 4) is 0 Å². The molecule has 0 saturated heterocycles. The van der Waals surface area contributed by atoms with Crippen LogP contribution in [0.3, 0.4) is 0 Å². The number of rotatable bonds is 6. The van der Waals surface area contributed by atoms with Gasteiger partial charge in [0.05, 0.1) is 0 Å². The summed E-state index contributed by atoms with van der Waals surface area (Å²) < 4.78 is 0. The lowest BCUT2D eigenvalue weighted by atomic mass is 9.81. The van der Waals surface area contributed by atoms with Crippen molar-refractivity contribution in [3.63, 3.8) is 0 Å². The fourth-order valence-electron chi connectivity index (χ4n) is 4.24. The molecule has 0 unspecified atom stereocenters. The number of fused-ring (bicyclic) bond motifs is 2. The molecule has 22 heavy (non-hydrogen) atoms. The lowest BCUT2D eigenvalue weighted by Gasteiger charge is -2.24. The van der Waals surface area contributed by atoms with E-state index in [1.165, 1.54) is 36.9 Å². The summed E-state index contributed by atoms with van der Waals surface area (Å²) >= 11 is 0. The first-order chi connectivity index (χ1) is 10.8. The molecule has 1 amide bonds. The number of benzene rings is 1. The smallest absolute Gasteiger partial charge is 0.227 e. The summed E-state index contributed by atoms with van der Waals surface area (Å²) in [5, 5.41) is 0. The van der Waals surface area contributed by atoms with Crippen molar-refractivity contribution in [2.24, 2.45) is 5.73 Å². The number of nitrogens with two attached hydrogens (primary N) is 1. The van der Waals surface area contributed by atoms with Gasteiger partial charge in [0.1, 0.15) is 0 Å². The second-order valence-corrected chi connectivity index (χ2v) is 6.94. The second-order valence-electron chi connectivity index (χ2n) is 6.94. The van der Waals surface area contributed by atoms with Crippen LogP contribution in [0.1, 0.15) is 63.4 Å². The van der Waals surface area contributed by atoms with E-state index in [1.54, 1.807) is 0 Å². The van der Waals surface area contributed by atoms with Crippen molar-refractivity contribution < 1.29 is 4.79 Å². The molecule has 1 aromatic rings. The average Bonchev–Trinajstić information content (AvgIpc) is 3.14. The van der Waals surface area contributed by atoms with Crippen molar-refractivity contribution in [1.29, 1.82) is 0 Å². The molecule has 120 valence electrons. The van der Waals surface area contributed by atoms with Crippen LogP contribution in [0.2, 0.25) is 0 Å². The van der Waals surface area contributed by atoms with Crippen molar-refractivity contribution in [2.75, 3.05) is 18.0 Å². The first-order valence-electron chi connectivity index (χ1n) is 8.87. The van der Waals surface area contributed by atoms with Crippen LogP contribution >= 0.6 is 0 Å². The lowest BCUT2D eigenvalue weighted by molar-refractivity contribution is -0.118.